The van der Waals surface area contributed by atoms with Gasteiger partial charge in [-0.05, 0) is 45.1 Å². The second-order valence-corrected chi connectivity index (χ2v) is 6.65. The largest absolute Gasteiger partial charge is 0.367 e. The van der Waals surface area contributed by atoms with Crippen LogP contribution in [0.2, 0.25) is 0 Å². The Morgan fingerprint density at radius 3 is 2.60 bits per heavy atom. The maximum Gasteiger partial charge on any atom is 0.150 e. The minimum absolute atomic E-state index is 0.0816. The molecule has 0 saturated carbocycles. The van der Waals surface area contributed by atoms with Gasteiger partial charge in [0, 0.05) is 11.5 Å². The predicted molar refractivity (Wildman–Crippen MR) is 79.7 cm³/mol. The van der Waals surface area contributed by atoms with Crippen LogP contribution in [0.25, 0.3) is 0 Å². The molecular weight excluding hydrogens is 248 g/mol. The average molecular weight is 270 g/mol. The van der Waals surface area contributed by atoms with Gasteiger partial charge in [-0.25, -0.2) is 0 Å². The molecule has 0 N–H and O–H groups in total. The van der Waals surface area contributed by atoms with E-state index in [-0.39, 0.29) is 11.7 Å². The van der Waals surface area contributed by atoms with Crippen molar-refractivity contribution in [3.05, 3.63) is 47.0 Å². The van der Waals surface area contributed by atoms with E-state index in [4.69, 9.17) is 4.74 Å². The summed E-state index contributed by atoms with van der Waals surface area (Å²) in [6, 6.07) is 7.83. The first-order valence-corrected chi connectivity index (χ1v) is 7.41. The summed E-state index contributed by atoms with van der Waals surface area (Å²) in [5.41, 5.74) is 3.27. The van der Waals surface area contributed by atoms with Crippen molar-refractivity contribution in [3.8, 4) is 0 Å². The van der Waals surface area contributed by atoms with Crippen molar-refractivity contribution in [3.63, 3.8) is 0 Å². The van der Waals surface area contributed by atoms with E-state index in [1.807, 2.05) is 24.3 Å². The van der Waals surface area contributed by atoms with E-state index in [9.17, 15) is 4.79 Å². The molecule has 3 rings (SSSR count). The third-order valence-electron chi connectivity index (χ3n) is 5.03. The Balaban J connectivity index is 1.96. The van der Waals surface area contributed by atoms with Gasteiger partial charge in [-0.2, -0.15) is 0 Å². The molecule has 20 heavy (non-hydrogen) atoms. The molecule has 2 nitrogen and oxygen atoms in total. The van der Waals surface area contributed by atoms with Gasteiger partial charge in [0.2, 0.25) is 0 Å². The van der Waals surface area contributed by atoms with Crippen LogP contribution in [0.5, 0.6) is 0 Å². The number of hydrogen-bond acceptors (Lipinski definition) is 2. The maximum atomic E-state index is 10.8. The Bertz CT molecular complexity index is 539. The van der Waals surface area contributed by atoms with Gasteiger partial charge in [0.05, 0.1) is 11.7 Å². The van der Waals surface area contributed by atoms with Gasteiger partial charge in [-0.1, -0.05) is 35.9 Å². The maximum absolute atomic E-state index is 10.8. The van der Waals surface area contributed by atoms with Crippen LogP contribution in [-0.2, 0) is 4.74 Å². The summed E-state index contributed by atoms with van der Waals surface area (Å²) in [4.78, 5) is 10.8. The molecule has 1 aromatic rings. The summed E-state index contributed by atoms with van der Waals surface area (Å²) in [5, 5.41) is 0. The number of rotatable bonds is 2. The highest BCUT2D eigenvalue weighted by Crippen LogP contribution is 2.50. The van der Waals surface area contributed by atoms with Crippen LogP contribution in [0.4, 0.5) is 0 Å². The molecule has 2 bridgehead atoms. The zero-order chi connectivity index (χ0) is 14.3. The van der Waals surface area contributed by atoms with Crippen molar-refractivity contribution in [2.45, 2.75) is 45.3 Å². The molecule has 2 aliphatic rings. The zero-order valence-corrected chi connectivity index (χ0v) is 12.4. The second kappa shape index (κ2) is 4.85. The fourth-order valence-corrected chi connectivity index (χ4v) is 3.57. The van der Waals surface area contributed by atoms with Crippen LogP contribution in [0.15, 0.2) is 35.9 Å². The highest BCUT2D eigenvalue weighted by molar-refractivity contribution is 5.74. The van der Waals surface area contributed by atoms with Crippen molar-refractivity contribution in [1.82, 2.24) is 0 Å². The SMILES string of the molecule is CC1=CC[C@@H]2C[C@H]1[C@H](c1ccc(C=O)cc1)OC2(C)C. The first kappa shape index (κ1) is 13.6. The molecule has 2 heteroatoms. The lowest BCUT2D eigenvalue weighted by Gasteiger charge is -2.49. The highest BCUT2D eigenvalue weighted by Gasteiger charge is 2.45. The Kier molecular flexibility index (Phi) is 3.29. The monoisotopic (exact) mass is 270 g/mol. The molecule has 1 fully saturated rings. The van der Waals surface area contributed by atoms with E-state index in [0.29, 0.717) is 11.8 Å². The third kappa shape index (κ3) is 2.22. The van der Waals surface area contributed by atoms with Gasteiger partial charge in [0.25, 0.3) is 0 Å². The third-order valence-corrected chi connectivity index (χ3v) is 5.03. The van der Waals surface area contributed by atoms with Crippen LogP contribution < -0.4 is 0 Å². The van der Waals surface area contributed by atoms with Gasteiger partial charge in [-0.3, -0.25) is 4.79 Å². The molecule has 1 aromatic carbocycles. The van der Waals surface area contributed by atoms with Gasteiger partial charge in [-0.15, -0.1) is 0 Å². The van der Waals surface area contributed by atoms with E-state index in [1.165, 1.54) is 17.6 Å². The smallest absolute Gasteiger partial charge is 0.150 e. The first-order chi connectivity index (χ1) is 9.51. The van der Waals surface area contributed by atoms with Crippen LogP contribution >= 0.6 is 0 Å². The van der Waals surface area contributed by atoms with Crippen LogP contribution in [0.3, 0.4) is 0 Å². The number of aldehydes is 1. The topological polar surface area (TPSA) is 26.3 Å². The minimum atomic E-state index is -0.0816. The van der Waals surface area contributed by atoms with Crippen LogP contribution in [0, 0.1) is 11.8 Å². The number of benzene rings is 1. The van der Waals surface area contributed by atoms with Crippen molar-refractivity contribution in [1.29, 1.82) is 0 Å². The molecular formula is C18H22O2. The molecule has 0 spiro atoms. The fourth-order valence-electron chi connectivity index (χ4n) is 3.57. The number of fused-ring (bicyclic) bond motifs is 2. The molecule has 3 atom stereocenters. The Morgan fingerprint density at radius 1 is 1.25 bits per heavy atom. The number of hydrogen-bond donors (Lipinski definition) is 0. The lowest BCUT2D eigenvalue weighted by Crippen LogP contribution is -2.45. The summed E-state index contributed by atoms with van der Waals surface area (Å²) in [6.45, 7) is 6.62. The van der Waals surface area contributed by atoms with E-state index >= 15 is 0 Å². The minimum Gasteiger partial charge on any atom is -0.367 e. The predicted octanol–water partition coefficient (Wildman–Crippen LogP) is 4.32. The summed E-state index contributed by atoms with van der Waals surface area (Å²) in [6.07, 6.45) is 5.72. The van der Waals surface area contributed by atoms with E-state index in [1.54, 1.807) is 0 Å². The van der Waals surface area contributed by atoms with E-state index in [0.717, 1.165) is 18.3 Å². The summed E-state index contributed by atoms with van der Waals surface area (Å²) >= 11 is 0. The van der Waals surface area contributed by atoms with Gasteiger partial charge < -0.3 is 4.74 Å². The molecule has 0 unspecified atom stereocenters. The molecule has 0 aromatic heterocycles. The van der Waals surface area contributed by atoms with Gasteiger partial charge in [0.15, 0.2) is 0 Å². The molecule has 0 radical (unpaired) electrons. The number of allylic oxidation sites excluding steroid dienone is 1. The fraction of sp³-hybridized carbons (Fsp3) is 0.500. The first-order valence-electron chi connectivity index (χ1n) is 7.41. The molecule has 106 valence electrons. The molecule has 0 amide bonds. The molecule has 1 aliphatic heterocycles. The normalized spacial score (nSPS) is 31.6. The summed E-state index contributed by atoms with van der Waals surface area (Å²) in [7, 11) is 0. The summed E-state index contributed by atoms with van der Waals surface area (Å²) in [5.74, 6) is 1.09. The van der Waals surface area contributed by atoms with Crippen LogP contribution in [-0.4, -0.2) is 11.9 Å². The molecule has 1 saturated heterocycles. The quantitative estimate of drug-likeness (QED) is 0.591. The average Bonchev–Trinajstić information content (AvgIpc) is 2.45. The van der Waals surface area contributed by atoms with Crippen molar-refractivity contribution < 1.29 is 9.53 Å². The Morgan fingerprint density at radius 2 is 1.95 bits per heavy atom. The van der Waals surface area contributed by atoms with Crippen LogP contribution in [0.1, 0.15) is 55.6 Å². The summed E-state index contributed by atoms with van der Waals surface area (Å²) < 4.78 is 6.44. The molecule has 1 heterocycles. The Labute approximate surface area is 120 Å². The number of ether oxygens (including phenoxy) is 1. The van der Waals surface area contributed by atoms with Crippen molar-refractivity contribution in [2.75, 3.05) is 0 Å². The zero-order valence-electron chi connectivity index (χ0n) is 12.4. The Hall–Kier alpha value is -1.41. The highest BCUT2D eigenvalue weighted by atomic mass is 16.5. The van der Waals surface area contributed by atoms with Crippen molar-refractivity contribution >= 4 is 6.29 Å². The van der Waals surface area contributed by atoms with Gasteiger partial charge in [0.1, 0.15) is 6.29 Å². The number of carbonyl (C=O) groups excluding carboxylic acids is 1. The lowest BCUT2D eigenvalue weighted by molar-refractivity contribution is -0.166. The number of carbonyl (C=O) groups is 1. The lowest BCUT2D eigenvalue weighted by atomic mass is 9.69. The standard InChI is InChI=1S/C18H22O2/c1-12-4-9-15-10-16(12)17(20-18(15,2)3)14-7-5-13(11-19)6-8-14/h4-8,11,15-17H,9-10H2,1-3H3/t15-,16-,17+/m1/s1. The van der Waals surface area contributed by atoms with E-state index < -0.39 is 0 Å². The van der Waals surface area contributed by atoms with Gasteiger partial charge >= 0.3 is 0 Å². The van der Waals surface area contributed by atoms with E-state index in [2.05, 4.69) is 26.8 Å². The second-order valence-electron chi connectivity index (χ2n) is 6.65. The molecule has 1 aliphatic carbocycles. The van der Waals surface area contributed by atoms with Crippen molar-refractivity contribution in [2.24, 2.45) is 11.8 Å².